The zero-order valence-corrected chi connectivity index (χ0v) is 8.73. The molecular formula is C11H11N3O2. The normalized spacial score (nSPS) is 10.3. The summed E-state index contributed by atoms with van der Waals surface area (Å²) in [6, 6.07) is 8.43. The number of guanidine groups is 1. The molecule has 2 aromatic rings. The van der Waals surface area contributed by atoms with Crippen LogP contribution in [0.25, 0.3) is 11.0 Å². The predicted molar refractivity (Wildman–Crippen MR) is 62.8 cm³/mol. The first kappa shape index (κ1) is 10.2. The lowest BCUT2D eigenvalue weighted by Crippen LogP contribution is -2.32. The number of anilines is 1. The topological polar surface area (TPSA) is 83.3 Å². The fraction of sp³-hybridized carbons (Fsp3) is 0.0909. The van der Waals surface area contributed by atoms with E-state index in [1.54, 1.807) is 19.2 Å². The van der Waals surface area contributed by atoms with E-state index in [-0.39, 0.29) is 5.96 Å². The molecule has 5 heteroatoms. The number of hydrogen-bond acceptors (Lipinski definition) is 3. The molecule has 0 aliphatic carbocycles. The molecule has 0 unspecified atom stereocenters. The Balaban J connectivity index is 2.74. The maximum Gasteiger partial charge on any atom is 0.336 e. The summed E-state index contributed by atoms with van der Waals surface area (Å²) in [5, 5.41) is 8.15. The fourth-order valence-corrected chi connectivity index (χ4v) is 1.47. The van der Waals surface area contributed by atoms with Gasteiger partial charge in [-0.05, 0) is 12.1 Å². The van der Waals surface area contributed by atoms with E-state index in [1.807, 2.05) is 12.1 Å². The van der Waals surface area contributed by atoms with Crippen molar-refractivity contribution in [2.45, 2.75) is 0 Å². The summed E-state index contributed by atoms with van der Waals surface area (Å²) >= 11 is 0. The Morgan fingerprint density at radius 3 is 2.81 bits per heavy atom. The average molecular weight is 217 g/mol. The third-order valence-electron chi connectivity index (χ3n) is 2.35. The monoisotopic (exact) mass is 217 g/mol. The molecule has 1 heterocycles. The van der Waals surface area contributed by atoms with Crippen molar-refractivity contribution in [3.8, 4) is 0 Å². The Morgan fingerprint density at radius 2 is 2.12 bits per heavy atom. The van der Waals surface area contributed by atoms with E-state index in [4.69, 9.17) is 15.6 Å². The molecule has 2 rings (SSSR count). The first-order valence-corrected chi connectivity index (χ1v) is 4.70. The second kappa shape index (κ2) is 3.69. The van der Waals surface area contributed by atoms with Crippen LogP contribution < -0.4 is 16.3 Å². The van der Waals surface area contributed by atoms with Crippen molar-refractivity contribution in [2.24, 2.45) is 5.73 Å². The SMILES string of the molecule is CN(C(=N)N)c1cccc2ccc(=O)oc12. The lowest BCUT2D eigenvalue weighted by molar-refractivity contribution is 0.561. The highest BCUT2D eigenvalue weighted by molar-refractivity contribution is 6.00. The number of rotatable bonds is 1. The number of nitrogens with zero attached hydrogens (tertiary/aromatic N) is 1. The predicted octanol–water partition coefficient (Wildman–Crippen LogP) is 1.12. The van der Waals surface area contributed by atoms with Crippen LogP contribution in [0, 0.1) is 5.41 Å². The molecule has 0 aliphatic rings. The van der Waals surface area contributed by atoms with Gasteiger partial charge in [-0.15, -0.1) is 0 Å². The Labute approximate surface area is 91.6 Å². The van der Waals surface area contributed by atoms with Crippen LogP contribution in [-0.4, -0.2) is 13.0 Å². The number of fused-ring (bicyclic) bond motifs is 1. The Hall–Kier alpha value is -2.30. The van der Waals surface area contributed by atoms with Gasteiger partial charge >= 0.3 is 5.63 Å². The molecule has 0 atom stereocenters. The van der Waals surface area contributed by atoms with Crippen molar-refractivity contribution in [1.82, 2.24) is 0 Å². The number of nitrogens with one attached hydrogen (secondary N) is 1. The van der Waals surface area contributed by atoms with Gasteiger partial charge in [0.05, 0.1) is 5.69 Å². The Kier molecular flexibility index (Phi) is 2.36. The quantitative estimate of drug-likeness (QED) is 0.426. The maximum absolute atomic E-state index is 11.2. The molecule has 0 bridgehead atoms. The smallest absolute Gasteiger partial charge is 0.336 e. The molecule has 82 valence electrons. The number of hydrogen-bond donors (Lipinski definition) is 2. The average Bonchev–Trinajstić information content (AvgIpc) is 2.27. The lowest BCUT2D eigenvalue weighted by atomic mass is 10.2. The highest BCUT2D eigenvalue weighted by Gasteiger charge is 2.10. The lowest BCUT2D eigenvalue weighted by Gasteiger charge is -2.17. The third-order valence-corrected chi connectivity index (χ3v) is 2.35. The summed E-state index contributed by atoms with van der Waals surface area (Å²) in [5.41, 5.74) is 6.00. The number of benzene rings is 1. The van der Waals surface area contributed by atoms with Gasteiger partial charge < -0.3 is 15.1 Å². The molecule has 16 heavy (non-hydrogen) atoms. The van der Waals surface area contributed by atoms with Crippen LogP contribution in [0.15, 0.2) is 39.5 Å². The molecule has 0 fully saturated rings. The first-order chi connectivity index (χ1) is 7.59. The summed E-state index contributed by atoms with van der Waals surface area (Å²) in [5.74, 6) is -0.112. The van der Waals surface area contributed by atoms with Gasteiger partial charge in [0.15, 0.2) is 11.5 Å². The first-order valence-electron chi connectivity index (χ1n) is 4.70. The van der Waals surface area contributed by atoms with Gasteiger partial charge in [0.25, 0.3) is 0 Å². The Morgan fingerprint density at radius 1 is 1.38 bits per heavy atom. The van der Waals surface area contributed by atoms with E-state index in [2.05, 4.69) is 0 Å². The Bertz CT molecular complexity index is 603. The van der Waals surface area contributed by atoms with Crippen LogP contribution >= 0.6 is 0 Å². The molecule has 0 amide bonds. The molecule has 3 N–H and O–H groups in total. The summed E-state index contributed by atoms with van der Waals surface area (Å²) < 4.78 is 5.11. The van der Waals surface area contributed by atoms with Gasteiger partial charge in [0, 0.05) is 18.5 Å². The minimum atomic E-state index is -0.420. The van der Waals surface area contributed by atoms with E-state index < -0.39 is 5.63 Å². The highest BCUT2D eigenvalue weighted by Crippen LogP contribution is 2.24. The highest BCUT2D eigenvalue weighted by atomic mass is 16.4. The van der Waals surface area contributed by atoms with Gasteiger partial charge in [-0.3, -0.25) is 5.41 Å². The third kappa shape index (κ3) is 1.63. The molecule has 0 spiro atoms. The van der Waals surface area contributed by atoms with Crippen LogP contribution in [0.1, 0.15) is 0 Å². The van der Waals surface area contributed by atoms with Crippen molar-refractivity contribution < 1.29 is 4.42 Å². The van der Waals surface area contributed by atoms with E-state index in [1.165, 1.54) is 11.0 Å². The van der Waals surface area contributed by atoms with Crippen molar-refractivity contribution in [1.29, 1.82) is 5.41 Å². The molecule has 0 radical (unpaired) electrons. The van der Waals surface area contributed by atoms with Crippen LogP contribution in [0.5, 0.6) is 0 Å². The van der Waals surface area contributed by atoms with Gasteiger partial charge in [0.2, 0.25) is 0 Å². The van der Waals surface area contributed by atoms with E-state index in [0.29, 0.717) is 11.3 Å². The van der Waals surface area contributed by atoms with Gasteiger partial charge in [-0.2, -0.15) is 0 Å². The zero-order chi connectivity index (χ0) is 11.7. The second-order valence-corrected chi connectivity index (χ2v) is 3.39. The van der Waals surface area contributed by atoms with Crippen molar-refractivity contribution >= 4 is 22.6 Å². The molecule has 0 aliphatic heterocycles. The molecule has 0 saturated carbocycles. The molecule has 1 aromatic heterocycles. The van der Waals surface area contributed by atoms with E-state index in [9.17, 15) is 4.79 Å². The summed E-state index contributed by atoms with van der Waals surface area (Å²) in [4.78, 5) is 12.6. The van der Waals surface area contributed by atoms with Gasteiger partial charge in [-0.25, -0.2) is 4.79 Å². The largest absolute Gasteiger partial charge is 0.420 e. The zero-order valence-electron chi connectivity index (χ0n) is 8.73. The summed E-state index contributed by atoms with van der Waals surface area (Å²) in [7, 11) is 1.64. The number of para-hydroxylation sites is 1. The molecular weight excluding hydrogens is 206 g/mol. The van der Waals surface area contributed by atoms with E-state index in [0.717, 1.165) is 5.39 Å². The van der Waals surface area contributed by atoms with Crippen molar-refractivity contribution in [3.63, 3.8) is 0 Å². The second-order valence-electron chi connectivity index (χ2n) is 3.39. The standard InChI is InChI=1S/C11H11N3O2/c1-14(11(12)13)8-4-2-3-7-5-6-9(15)16-10(7)8/h2-6H,1H3,(H3,12,13). The minimum Gasteiger partial charge on any atom is -0.420 e. The van der Waals surface area contributed by atoms with Gasteiger partial charge in [-0.1, -0.05) is 12.1 Å². The van der Waals surface area contributed by atoms with Crippen LogP contribution in [-0.2, 0) is 0 Å². The maximum atomic E-state index is 11.2. The van der Waals surface area contributed by atoms with Gasteiger partial charge in [0.1, 0.15) is 0 Å². The van der Waals surface area contributed by atoms with Crippen LogP contribution in [0.3, 0.4) is 0 Å². The molecule has 5 nitrogen and oxygen atoms in total. The van der Waals surface area contributed by atoms with Crippen LogP contribution in [0.4, 0.5) is 5.69 Å². The summed E-state index contributed by atoms with van der Waals surface area (Å²) in [6.45, 7) is 0. The number of nitrogens with two attached hydrogens (primary N) is 1. The summed E-state index contributed by atoms with van der Waals surface area (Å²) in [6.07, 6.45) is 0. The minimum absolute atomic E-state index is 0.112. The fourth-order valence-electron chi connectivity index (χ4n) is 1.47. The molecule has 0 saturated heterocycles. The molecule has 1 aromatic carbocycles. The van der Waals surface area contributed by atoms with Crippen LogP contribution in [0.2, 0.25) is 0 Å². The van der Waals surface area contributed by atoms with E-state index >= 15 is 0 Å². The van der Waals surface area contributed by atoms with Crippen molar-refractivity contribution in [2.75, 3.05) is 11.9 Å². The van der Waals surface area contributed by atoms with Crippen molar-refractivity contribution in [3.05, 3.63) is 40.8 Å².